The fraction of sp³-hybridized carbons (Fsp3) is 0.462. The highest BCUT2D eigenvalue weighted by Crippen LogP contribution is 2.36. The van der Waals surface area contributed by atoms with E-state index in [0.717, 1.165) is 29.9 Å². The number of rotatable bonds is 0. The third-order valence-electron chi connectivity index (χ3n) is 3.60. The lowest BCUT2D eigenvalue weighted by molar-refractivity contribution is -0.118. The Labute approximate surface area is 100 Å². The predicted octanol–water partition coefficient (Wildman–Crippen LogP) is 1.28. The molecule has 1 fully saturated rings. The van der Waals surface area contributed by atoms with Crippen LogP contribution in [0.5, 0.6) is 0 Å². The molecule has 2 aliphatic heterocycles. The summed E-state index contributed by atoms with van der Waals surface area (Å²) in [5.74, 6) is 0.00171. The van der Waals surface area contributed by atoms with E-state index in [4.69, 9.17) is 0 Å². The van der Waals surface area contributed by atoms with Crippen molar-refractivity contribution in [3.05, 3.63) is 23.8 Å². The Balaban J connectivity index is 2.02. The van der Waals surface area contributed by atoms with Crippen LogP contribution in [0.4, 0.5) is 11.4 Å². The van der Waals surface area contributed by atoms with Gasteiger partial charge in [0.05, 0.1) is 17.5 Å². The third kappa shape index (κ3) is 1.69. The highest BCUT2D eigenvalue weighted by atomic mass is 16.3. The van der Waals surface area contributed by atoms with Crippen molar-refractivity contribution >= 4 is 17.3 Å². The number of carbonyl (C=O) groups is 1. The van der Waals surface area contributed by atoms with Crippen LogP contribution < -0.4 is 10.2 Å². The number of hydrogen-bond acceptors (Lipinski definition) is 3. The van der Waals surface area contributed by atoms with E-state index in [1.165, 1.54) is 0 Å². The topological polar surface area (TPSA) is 52.6 Å². The lowest BCUT2D eigenvalue weighted by Crippen LogP contribution is -2.53. The second kappa shape index (κ2) is 3.74. The van der Waals surface area contributed by atoms with E-state index in [-0.39, 0.29) is 18.1 Å². The van der Waals surface area contributed by atoms with Crippen molar-refractivity contribution < 1.29 is 9.90 Å². The Kier molecular flexibility index (Phi) is 2.33. The number of aliphatic hydroxyl groups excluding tert-OH is 1. The molecule has 0 radical (unpaired) electrons. The number of carbonyl (C=O) groups excluding carboxylic acids is 1. The first-order valence-corrected chi connectivity index (χ1v) is 6.01. The van der Waals surface area contributed by atoms with E-state index in [9.17, 15) is 9.90 Å². The van der Waals surface area contributed by atoms with Gasteiger partial charge in [0, 0.05) is 13.0 Å². The molecule has 2 heterocycles. The maximum Gasteiger partial charge on any atom is 0.247 e. The lowest BCUT2D eigenvalue weighted by atomic mass is 9.95. The van der Waals surface area contributed by atoms with E-state index < -0.39 is 0 Å². The van der Waals surface area contributed by atoms with Gasteiger partial charge < -0.3 is 15.3 Å². The molecule has 0 aliphatic carbocycles. The van der Waals surface area contributed by atoms with Crippen LogP contribution in [-0.4, -0.2) is 29.7 Å². The molecule has 17 heavy (non-hydrogen) atoms. The molecular weight excluding hydrogens is 216 g/mol. The molecule has 0 aromatic heterocycles. The van der Waals surface area contributed by atoms with E-state index in [0.29, 0.717) is 6.42 Å². The number of amides is 1. The van der Waals surface area contributed by atoms with E-state index in [2.05, 4.69) is 22.3 Å². The maximum absolute atomic E-state index is 12.0. The molecule has 0 spiro atoms. The fourth-order valence-corrected chi connectivity index (χ4v) is 2.70. The number of nitrogens with zero attached hydrogens (tertiary/aromatic N) is 1. The number of hydrogen-bond donors (Lipinski definition) is 2. The Morgan fingerprint density at radius 1 is 1.47 bits per heavy atom. The van der Waals surface area contributed by atoms with Gasteiger partial charge in [0.25, 0.3) is 0 Å². The summed E-state index contributed by atoms with van der Waals surface area (Å²) in [5, 5.41) is 12.6. The highest BCUT2D eigenvalue weighted by Gasteiger charge is 2.37. The number of piperidine rings is 1. The predicted molar refractivity (Wildman–Crippen MR) is 66.2 cm³/mol. The van der Waals surface area contributed by atoms with Crippen molar-refractivity contribution in [2.45, 2.75) is 31.9 Å². The zero-order valence-corrected chi connectivity index (χ0v) is 9.81. The summed E-state index contributed by atoms with van der Waals surface area (Å²) < 4.78 is 0. The van der Waals surface area contributed by atoms with Crippen LogP contribution in [0, 0.1) is 6.92 Å². The Morgan fingerprint density at radius 3 is 3.12 bits per heavy atom. The Morgan fingerprint density at radius 2 is 2.29 bits per heavy atom. The normalized spacial score (nSPS) is 27.2. The summed E-state index contributed by atoms with van der Waals surface area (Å²) in [6.07, 6.45) is 0.907. The standard InChI is InChI=1S/C13H16N2O2/c1-8-2-3-11-10(6-8)14-13(17)12-7-9(16)4-5-15(11)12/h2-3,6,9,12,16H,4-5,7H2,1H3,(H,14,17)/t9?,12-/m0/s1. The zero-order valence-electron chi connectivity index (χ0n) is 9.81. The molecule has 2 atom stereocenters. The molecule has 90 valence electrons. The van der Waals surface area contributed by atoms with Crippen LogP contribution in [0.3, 0.4) is 0 Å². The molecule has 1 amide bonds. The number of nitrogens with one attached hydrogen (secondary N) is 1. The molecule has 1 unspecified atom stereocenters. The van der Waals surface area contributed by atoms with Crippen LogP contribution in [0.15, 0.2) is 18.2 Å². The monoisotopic (exact) mass is 232 g/mol. The minimum absolute atomic E-state index is 0.00171. The molecule has 2 N–H and O–H groups in total. The third-order valence-corrected chi connectivity index (χ3v) is 3.60. The van der Waals surface area contributed by atoms with Crippen molar-refractivity contribution in [2.24, 2.45) is 0 Å². The lowest BCUT2D eigenvalue weighted by Gasteiger charge is -2.42. The average molecular weight is 232 g/mol. The van der Waals surface area contributed by atoms with Crippen molar-refractivity contribution in [2.75, 3.05) is 16.8 Å². The second-order valence-electron chi connectivity index (χ2n) is 4.90. The van der Waals surface area contributed by atoms with Gasteiger partial charge in [-0.05, 0) is 31.0 Å². The second-order valence-corrected chi connectivity index (χ2v) is 4.90. The van der Waals surface area contributed by atoms with Gasteiger partial charge in [-0.3, -0.25) is 4.79 Å². The Hall–Kier alpha value is -1.55. The van der Waals surface area contributed by atoms with Crippen molar-refractivity contribution in [1.82, 2.24) is 0 Å². The van der Waals surface area contributed by atoms with Gasteiger partial charge in [-0.2, -0.15) is 0 Å². The van der Waals surface area contributed by atoms with Gasteiger partial charge >= 0.3 is 0 Å². The van der Waals surface area contributed by atoms with Crippen molar-refractivity contribution in [1.29, 1.82) is 0 Å². The molecule has 0 saturated carbocycles. The maximum atomic E-state index is 12.0. The van der Waals surface area contributed by atoms with E-state index in [1.807, 2.05) is 13.0 Å². The Bertz CT molecular complexity index is 472. The van der Waals surface area contributed by atoms with Gasteiger partial charge in [0.1, 0.15) is 6.04 Å². The first kappa shape index (κ1) is 10.6. The number of aliphatic hydroxyl groups is 1. The van der Waals surface area contributed by atoms with Gasteiger partial charge in [0.15, 0.2) is 0 Å². The molecule has 4 nitrogen and oxygen atoms in total. The minimum atomic E-state index is -0.353. The van der Waals surface area contributed by atoms with Gasteiger partial charge in [0.2, 0.25) is 5.91 Å². The van der Waals surface area contributed by atoms with Crippen LogP contribution in [0.2, 0.25) is 0 Å². The van der Waals surface area contributed by atoms with E-state index in [1.54, 1.807) is 0 Å². The first-order chi connectivity index (χ1) is 8.15. The summed E-state index contributed by atoms with van der Waals surface area (Å²) in [7, 11) is 0. The zero-order chi connectivity index (χ0) is 12.0. The number of anilines is 2. The quantitative estimate of drug-likeness (QED) is 0.708. The largest absolute Gasteiger partial charge is 0.393 e. The minimum Gasteiger partial charge on any atom is -0.393 e. The smallest absolute Gasteiger partial charge is 0.247 e. The molecular formula is C13H16N2O2. The van der Waals surface area contributed by atoms with Crippen molar-refractivity contribution in [3.63, 3.8) is 0 Å². The number of aryl methyl sites for hydroxylation is 1. The van der Waals surface area contributed by atoms with Gasteiger partial charge in [-0.25, -0.2) is 0 Å². The SMILES string of the molecule is Cc1ccc2c(c1)NC(=O)[C@@H]1CC(O)CCN21. The van der Waals surface area contributed by atoms with Crippen LogP contribution in [0.25, 0.3) is 0 Å². The van der Waals surface area contributed by atoms with E-state index >= 15 is 0 Å². The summed E-state index contributed by atoms with van der Waals surface area (Å²) >= 11 is 0. The molecule has 3 rings (SSSR count). The number of benzene rings is 1. The summed E-state index contributed by atoms with van der Waals surface area (Å²) in [4.78, 5) is 14.1. The molecule has 2 aliphatic rings. The first-order valence-electron chi connectivity index (χ1n) is 6.01. The van der Waals surface area contributed by atoms with Crippen LogP contribution >= 0.6 is 0 Å². The van der Waals surface area contributed by atoms with Gasteiger partial charge in [-0.1, -0.05) is 6.07 Å². The fourth-order valence-electron chi connectivity index (χ4n) is 2.70. The van der Waals surface area contributed by atoms with Gasteiger partial charge in [-0.15, -0.1) is 0 Å². The highest BCUT2D eigenvalue weighted by molar-refractivity contribution is 6.03. The average Bonchev–Trinajstić information content (AvgIpc) is 2.29. The number of fused-ring (bicyclic) bond motifs is 3. The molecule has 4 heteroatoms. The molecule has 1 saturated heterocycles. The van der Waals surface area contributed by atoms with Crippen molar-refractivity contribution in [3.8, 4) is 0 Å². The molecule has 0 bridgehead atoms. The van der Waals surface area contributed by atoms with Crippen LogP contribution in [-0.2, 0) is 4.79 Å². The summed E-state index contributed by atoms with van der Waals surface area (Å²) in [6, 6.07) is 5.88. The molecule has 1 aromatic rings. The summed E-state index contributed by atoms with van der Waals surface area (Å²) in [6.45, 7) is 2.76. The summed E-state index contributed by atoms with van der Waals surface area (Å²) in [5.41, 5.74) is 3.11. The van der Waals surface area contributed by atoms with Crippen LogP contribution in [0.1, 0.15) is 18.4 Å². The molecule has 1 aromatic carbocycles.